The second kappa shape index (κ2) is 5.41. The third-order valence-corrected chi connectivity index (χ3v) is 3.30. The Kier molecular flexibility index (Phi) is 3.86. The molecule has 0 saturated carbocycles. The molecule has 0 spiro atoms. The van der Waals surface area contributed by atoms with E-state index in [1.807, 2.05) is 32.0 Å². The van der Waals surface area contributed by atoms with Gasteiger partial charge in [0.15, 0.2) is 0 Å². The summed E-state index contributed by atoms with van der Waals surface area (Å²) in [6.45, 7) is 4.01. The van der Waals surface area contributed by atoms with Crippen molar-refractivity contribution in [3.05, 3.63) is 64.5 Å². The summed E-state index contributed by atoms with van der Waals surface area (Å²) in [7, 11) is 1.56. The number of halogens is 1. The van der Waals surface area contributed by atoms with Crippen LogP contribution in [0.4, 0.5) is 4.39 Å². The Labute approximate surface area is 113 Å². The normalized spacial score (nSPS) is 12.3. The molecule has 0 aliphatic rings. The zero-order chi connectivity index (χ0) is 14.0. The van der Waals surface area contributed by atoms with E-state index in [4.69, 9.17) is 10.5 Å². The fourth-order valence-electron chi connectivity index (χ4n) is 2.21. The molecule has 0 amide bonds. The second-order valence-corrected chi connectivity index (χ2v) is 4.72. The lowest BCUT2D eigenvalue weighted by Gasteiger charge is -2.18. The summed E-state index contributed by atoms with van der Waals surface area (Å²) in [5, 5.41) is 0. The topological polar surface area (TPSA) is 35.2 Å². The molecule has 0 radical (unpaired) electrons. The maximum absolute atomic E-state index is 13.4. The fourth-order valence-corrected chi connectivity index (χ4v) is 2.21. The predicted octanol–water partition coefficient (Wildman–Crippen LogP) is 3.50. The van der Waals surface area contributed by atoms with Gasteiger partial charge in [0.1, 0.15) is 11.6 Å². The van der Waals surface area contributed by atoms with Gasteiger partial charge in [-0.1, -0.05) is 23.8 Å². The Hall–Kier alpha value is -1.87. The van der Waals surface area contributed by atoms with E-state index >= 15 is 0 Å². The van der Waals surface area contributed by atoms with E-state index in [2.05, 4.69) is 0 Å². The van der Waals surface area contributed by atoms with Crippen molar-refractivity contribution in [3.8, 4) is 5.75 Å². The molecule has 19 heavy (non-hydrogen) atoms. The summed E-state index contributed by atoms with van der Waals surface area (Å²) in [4.78, 5) is 0. The quantitative estimate of drug-likeness (QED) is 0.915. The molecule has 2 aromatic carbocycles. The third-order valence-electron chi connectivity index (χ3n) is 3.30. The van der Waals surface area contributed by atoms with Crippen molar-refractivity contribution in [3.63, 3.8) is 0 Å². The first kappa shape index (κ1) is 13.6. The smallest absolute Gasteiger partial charge is 0.124 e. The lowest BCUT2D eigenvalue weighted by atomic mass is 9.93. The van der Waals surface area contributed by atoms with Gasteiger partial charge in [-0.15, -0.1) is 0 Å². The highest BCUT2D eigenvalue weighted by atomic mass is 19.1. The van der Waals surface area contributed by atoms with E-state index in [0.29, 0.717) is 11.3 Å². The molecular formula is C16H18FNO. The van der Waals surface area contributed by atoms with Gasteiger partial charge in [0.05, 0.1) is 13.2 Å². The zero-order valence-electron chi connectivity index (χ0n) is 11.4. The van der Waals surface area contributed by atoms with Crippen molar-refractivity contribution in [1.29, 1.82) is 0 Å². The molecule has 3 heteroatoms. The van der Waals surface area contributed by atoms with Crippen LogP contribution in [0, 0.1) is 19.7 Å². The van der Waals surface area contributed by atoms with Gasteiger partial charge in [-0.3, -0.25) is 0 Å². The van der Waals surface area contributed by atoms with Gasteiger partial charge in [-0.2, -0.15) is 0 Å². The van der Waals surface area contributed by atoms with Gasteiger partial charge in [-0.05, 0) is 43.2 Å². The molecule has 0 heterocycles. The molecule has 100 valence electrons. The molecule has 0 saturated heterocycles. The fraction of sp³-hybridized carbons (Fsp3) is 0.250. The van der Waals surface area contributed by atoms with Crippen LogP contribution >= 0.6 is 0 Å². The standard InChI is InChI=1S/C16H18FNO/c1-10-4-5-11(2)13(8-10)16(18)14-9-12(17)6-7-15(14)19-3/h4-9,16H,18H2,1-3H3. The Balaban J connectivity index is 2.51. The van der Waals surface area contributed by atoms with Crippen LogP contribution in [0.2, 0.25) is 0 Å². The maximum Gasteiger partial charge on any atom is 0.124 e. The number of aryl methyl sites for hydroxylation is 2. The van der Waals surface area contributed by atoms with E-state index in [-0.39, 0.29) is 5.82 Å². The molecular weight excluding hydrogens is 241 g/mol. The summed E-state index contributed by atoms with van der Waals surface area (Å²) in [5.74, 6) is 0.298. The largest absolute Gasteiger partial charge is 0.496 e. The monoisotopic (exact) mass is 259 g/mol. The van der Waals surface area contributed by atoms with Gasteiger partial charge in [0.2, 0.25) is 0 Å². The van der Waals surface area contributed by atoms with Crippen molar-refractivity contribution in [1.82, 2.24) is 0 Å². The minimum absolute atomic E-state index is 0.309. The SMILES string of the molecule is COc1ccc(F)cc1C(N)c1cc(C)ccc1C. The average Bonchev–Trinajstić information content (AvgIpc) is 2.40. The Morgan fingerprint density at radius 2 is 1.79 bits per heavy atom. The van der Waals surface area contributed by atoms with E-state index in [0.717, 1.165) is 16.7 Å². The number of benzene rings is 2. The highest BCUT2D eigenvalue weighted by Crippen LogP contribution is 2.30. The van der Waals surface area contributed by atoms with Gasteiger partial charge in [0, 0.05) is 5.56 Å². The second-order valence-electron chi connectivity index (χ2n) is 4.72. The average molecular weight is 259 g/mol. The number of hydrogen-bond donors (Lipinski definition) is 1. The van der Waals surface area contributed by atoms with Crippen LogP contribution in [0.5, 0.6) is 5.75 Å². The zero-order valence-corrected chi connectivity index (χ0v) is 11.4. The van der Waals surface area contributed by atoms with Crippen molar-refractivity contribution < 1.29 is 9.13 Å². The number of nitrogens with two attached hydrogens (primary N) is 1. The maximum atomic E-state index is 13.4. The van der Waals surface area contributed by atoms with Crippen LogP contribution in [-0.4, -0.2) is 7.11 Å². The van der Waals surface area contributed by atoms with E-state index < -0.39 is 6.04 Å². The first-order valence-corrected chi connectivity index (χ1v) is 6.19. The van der Waals surface area contributed by atoms with Crippen molar-refractivity contribution in [2.24, 2.45) is 5.73 Å². The Morgan fingerprint density at radius 1 is 1.05 bits per heavy atom. The summed E-state index contributed by atoms with van der Waals surface area (Å²) in [6.07, 6.45) is 0. The predicted molar refractivity (Wildman–Crippen MR) is 74.9 cm³/mol. The molecule has 0 aromatic heterocycles. The molecule has 1 atom stereocenters. The van der Waals surface area contributed by atoms with Crippen LogP contribution in [0.3, 0.4) is 0 Å². The van der Waals surface area contributed by atoms with Crippen molar-refractivity contribution in [2.75, 3.05) is 7.11 Å². The molecule has 2 nitrogen and oxygen atoms in total. The van der Waals surface area contributed by atoms with E-state index in [1.54, 1.807) is 13.2 Å². The van der Waals surface area contributed by atoms with E-state index in [9.17, 15) is 4.39 Å². The summed E-state index contributed by atoms with van der Waals surface area (Å²) < 4.78 is 18.7. The summed E-state index contributed by atoms with van der Waals surface area (Å²) in [5.41, 5.74) is 10.2. The number of ether oxygens (including phenoxy) is 1. The number of methoxy groups -OCH3 is 1. The van der Waals surface area contributed by atoms with E-state index in [1.165, 1.54) is 12.1 Å². The van der Waals surface area contributed by atoms with Crippen molar-refractivity contribution in [2.45, 2.75) is 19.9 Å². The van der Waals surface area contributed by atoms with Crippen LogP contribution in [0.15, 0.2) is 36.4 Å². The summed E-state index contributed by atoms with van der Waals surface area (Å²) in [6, 6.07) is 10.1. The molecule has 2 N–H and O–H groups in total. The number of rotatable bonds is 3. The first-order chi connectivity index (χ1) is 9.02. The summed E-state index contributed by atoms with van der Waals surface area (Å²) >= 11 is 0. The van der Waals surface area contributed by atoms with Crippen LogP contribution in [-0.2, 0) is 0 Å². The van der Waals surface area contributed by atoms with Crippen molar-refractivity contribution >= 4 is 0 Å². The van der Waals surface area contributed by atoms with Gasteiger partial charge in [-0.25, -0.2) is 4.39 Å². The van der Waals surface area contributed by atoms with Crippen LogP contribution < -0.4 is 10.5 Å². The van der Waals surface area contributed by atoms with Gasteiger partial charge < -0.3 is 10.5 Å². The first-order valence-electron chi connectivity index (χ1n) is 6.19. The lowest BCUT2D eigenvalue weighted by molar-refractivity contribution is 0.406. The number of hydrogen-bond acceptors (Lipinski definition) is 2. The molecule has 0 fully saturated rings. The molecule has 2 aromatic rings. The highest BCUT2D eigenvalue weighted by molar-refractivity contribution is 5.44. The Bertz CT molecular complexity index is 595. The minimum Gasteiger partial charge on any atom is -0.496 e. The molecule has 1 unspecified atom stereocenters. The lowest BCUT2D eigenvalue weighted by Crippen LogP contribution is -2.15. The van der Waals surface area contributed by atoms with Gasteiger partial charge in [0.25, 0.3) is 0 Å². The highest BCUT2D eigenvalue weighted by Gasteiger charge is 2.16. The third kappa shape index (κ3) is 2.76. The van der Waals surface area contributed by atoms with Crippen LogP contribution in [0.1, 0.15) is 28.3 Å². The molecule has 2 rings (SSSR count). The van der Waals surface area contributed by atoms with Gasteiger partial charge >= 0.3 is 0 Å². The molecule has 0 aliphatic carbocycles. The van der Waals surface area contributed by atoms with Crippen LogP contribution in [0.25, 0.3) is 0 Å². The Morgan fingerprint density at radius 3 is 2.47 bits per heavy atom. The molecule has 0 bridgehead atoms. The minimum atomic E-state index is -0.398. The molecule has 0 aliphatic heterocycles.